The molecule has 3 rings (SSSR count). The molecule has 1 unspecified atom stereocenters. The van der Waals surface area contributed by atoms with Crippen molar-refractivity contribution in [3.63, 3.8) is 0 Å². The summed E-state index contributed by atoms with van der Waals surface area (Å²) in [7, 11) is 0. The molecule has 1 atom stereocenters. The molecule has 0 saturated carbocycles. The van der Waals surface area contributed by atoms with Crippen LogP contribution in [0, 0.1) is 0 Å². The van der Waals surface area contributed by atoms with Gasteiger partial charge in [-0.05, 0) is 61.5 Å². The lowest BCUT2D eigenvalue weighted by atomic mass is 10.2. The van der Waals surface area contributed by atoms with Gasteiger partial charge in [0.1, 0.15) is 5.03 Å². The average molecular weight is 380 g/mol. The van der Waals surface area contributed by atoms with Crippen LogP contribution in [0.2, 0.25) is 5.02 Å². The van der Waals surface area contributed by atoms with Gasteiger partial charge in [0.25, 0.3) is 0 Å². The summed E-state index contributed by atoms with van der Waals surface area (Å²) in [5.74, 6) is 0. The van der Waals surface area contributed by atoms with Gasteiger partial charge < -0.3 is 15.4 Å². The van der Waals surface area contributed by atoms with E-state index in [0.29, 0.717) is 5.11 Å². The number of rotatable bonds is 5. The highest BCUT2D eigenvalue weighted by Crippen LogP contribution is 2.32. The SMILES string of the molecule is S=C(NCC1CCCO1)Nc1cccnc1Sc1ccc(Cl)cc1. The van der Waals surface area contributed by atoms with Crippen LogP contribution < -0.4 is 10.6 Å². The van der Waals surface area contributed by atoms with Crippen LogP contribution in [0.1, 0.15) is 12.8 Å². The Labute approximate surface area is 156 Å². The van der Waals surface area contributed by atoms with E-state index >= 15 is 0 Å². The first-order chi connectivity index (χ1) is 11.7. The van der Waals surface area contributed by atoms with Crippen LogP contribution in [0.5, 0.6) is 0 Å². The third-order valence-corrected chi connectivity index (χ3v) is 5.09. The number of nitrogens with zero attached hydrogens (tertiary/aromatic N) is 1. The first-order valence-corrected chi connectivity index (χ1v) is 9.36. The number of anilines is 1. The van der Waals surface area contributed by atoms with Crippen molar-refractivity contribution in [3.8, 4) is 0 Å². The van der Waals surface area contributed by atoms with E-state index in [1.807, 2.05) is 36.4 Å². The molecule has 0 radical (unpaired) electrons. The molecular formula is C17H18ClN3OS2. The summed E-state index contributed by atoms with van der Waals surface area (Å²) in [6, 6.07) is 11.5. The molecule has 2 N–H and O–H groups in total. The van der Waals surface area contributed by atoms with Crippen molar-refractivity contribution in [1.82, 2.24) is 10.3 Å². The van der Waals surface area contributed by atoms with Gasteiger partial charge in [-0.2, -0.15) is 0 Å². The second-order valence-electron chi connectivity index (χ2n) is 5.38. The zero-order chi connectivity index (χ0) is 16.8. The van der Waals surface area contributed by atoms with E-state index in [0.717, 1.165) is 46.6 Å². The molecule has 1 aliphatic rings. The summed E-state index contributed by atoms with van der Waals surface area (Å²) in [5.41, 5.74) is 0.877. The summed E-state index contributed by atoms with van der Waals surface area (Å²) in [4.78, 5) is 5.51. The zero-order valence-electron chi connectivity index (χ0n) is 13.0. The van der Waals surface area contributed by atoms with Gasteiger partial charge in [-0.15, -0.1) is 0 Å². The van der Waals surface area contributed by atoms with Crippen LogP contribution in [-0.2, 0) is 4.74 Å². The van der Waals surface area contributed by atoms with Crippen molar-refractivity contribution in [3.05, 3.63) is 47.6 Å². The second-order valence-corrected chi connectivity index (χ2v) is 7.29. The molecule has 2 aromatic rings. The van der Waals surface area contributed by atoms with Crippen molar-refractivity contribution in [1.29, 1.82) is 0 Å². The van der Waals surface area contributed by atoms with Gasteiger partial charge in [-0.1, -0.05) is 23.4 Å². The minimum absolute atomic E-state index is 0.251. The normalized spacial score (nSPS) is 16.8. The molecule has 0 aliphatic carbocycles. The maximum absolute atomic E-state index is 5.93. The van der Waals surface area contributed by atoms with E-state index in [9.17, 15) is 0 Å². The predicted octanol–water partition coefficient (Wildman–Crippen LogP) is 4.35. The fourth-order valence-corrected chi connectivity index (χ4v) is 3.52. The highest BCUT2D eigenvalue weighted by Gasteiger charge is 2.15. The Morgan fingerprint density at radius 1 is 1.33 bits per heavy atom. The number of hydrogen-bond acceptors (Lipinski definition) is 4. The van der Waals surface area contributed by atoms with E-state index in [-0.39, 0.29) is 6.10 Å². The molecule has 1 aromatic heterocycles. The molecule has 0 bridgehead atoms. The third kappa shape index (κ3) is 5.08. The third-order valence-electron chi connectivity index (χ3n) is 3.56. The average Bonchev–Trinajstić information content (AvgIpc) is 3.10. The van der Waals surface area contributed by atoms with E-state index in [1.54, 1.807) is 18.0 Å². The van der Waals surface area contributed by atoms with Crippen LogP contribution in [0.25, 0.3) is 0 Å². The Morgan fingerprint density at radius 3 is 2.92 bits per heavy atom. The highest BCUT2D eigenvalue weighted by atomic mass is 35.5. The Morgan fingerprint density at radius 2 is 2.17 bits per heavy atom. The maximum atomic E-state index is 5.93. The number of aromatic nitrogens is 1. The van der Waals surface area contributed by atoms with E-state index in [1.165, 1.54) is 0 Å². The lowest BCUT2D eigenvalue weighted by molar-refractivity contribution is 0.114. The van der Waals surface area contributed by atoms with Crippen molar-refractivity contribution in [2.75, 3.05) is 18.5 Å². The van der Waals surface area contributed by atoms with Crippen molar-refractivity contribution in [2.45, 2.75) is 28.9 Å². The van der Waals surface area contributed by atoms with E-state index in [2.05, 4.69) is 15.6 Å². The van der Waals surface area contributed by atoms with Gasteiger partial charge in [0.2, 0.25) is 0 Å². The van der Waals surface area contributed by atoms with Crippen LogP contribution >= 0.6 is 35.6 Å². The molecule has 126 valence electrons. The topological polar surface area (TPSA) is 46.2 Å². The Kier molecular flexibility index (Phi) is 6.31. The fourth-order valence-electron chi connectivity index (χ4n) is 2.36. The Hall–Kier alpha value is -1.34. The van der Waals surface area contributed by atoms with Crippen molar-refractivity contribution in [2.24, 2.45) is 0 Å². The molecule has 0 spiro atoms. The molecule has 2 heterocycles. The molecule has 4 nitrogen and oxygen atoms in total. The van der Waals surface area contributed by atoms with Gasteiger partial charge in [0, 0.05) is 29.3 Å². The molecule has 1 aliphatic heterocycles. The number of thiocarbonyl (C=S) groups is 1. The van der Waals surface area contributed by atoms with Gasteiger partial charge in [0.05, 0.1) is 11.8 Å². The quantitative estimate of drug-likeness (QED) is 0.753. The molecular weight excluding hydrogens is 362 g/mol. The number of ether oxygens (including phenoxy) is 1. The number of nitrogens with one attached hydrogen (secondary N) is 2. The summed E-state index contributed by atoms with van der Waals surface area (Å²) < 4.78 is 5.59. The summed E-state index contributed by atoms with van der Waals surface area (Å²) in [6.45, 7) is 1.57. The number of pyridine rings is 1. The number of benzene rings is 1. The summed E-state index contributed by atoms with van der Waals surface area (Å²) in [6.07, 6.45) is 4.23. The monoisotopic (exact) mass is 379 g/mol. The van der Waals surface area contributed by atoms with Crippen molar-refractivity contribution < 1.29 is 4.74 Å². The van der Waals surface area contributed by atoms with Crippen LogP contribution in [0.15, 0.2) is 52.5 Å². The van der Waals surface area contributed by atoms with Crippen molar-refractivity contribution >= 4 is 46.4 Å². The molecule has 1 aromatic carbocycles. The van der Waals surface area contributed by atoms with Gasteiger partial charge in [-0.25, -0.2) is 4.98 Å². The molecule has 1 saturated heterocycles. The van der Waals surface area contributed by atoms with Gasteiger partial charge >= 0.3 is 0 Å². The Bertz CT molecular complexity index is 690. The minimum Gasteiger partial charge on any atom is -0.376 e. The lowest BCUT2D eigenvalue weighted by Crippen LogP contribution is -2.34. The number of halogens is 1. The minimum atomic E-state index is 0.251. The first kappa shape index (κ1) is 17.5. The summed E-state index contributed by atoms with van der Waals surface area (Å²) >= 11 is 12.9. The first-order valence-electron chi connectivity index (χ1n) is 7.75. The molecule has 24 heavy (non-hydrogen) atoms. The van der Waals surface area contributed by atoms with Crippen LogP contribution in [0.3, 0.4) is 0 Å². The molecule has 7 heteroatoms. The van der Waals surface area contributed by atoms with Gasteiger partial charge in [-0.3, -0.25) is 0 Å². The fraction of sp³-hybridized carbons (Fsp3) is 0.294. The standard InChI is InChI=1S/C17H18ClN3OS2/c18-12-5-7-14(8-6-12)24-16-15(4-1-9-19-16)21-17(23)20-11-13-3-2-10-22-13/h1,4-9,13H,2-3,10-11H2,(H2,20,21,23). The smallest absolute Gasteiger partial charge is 0.170 e. The maximum Gasteiger partial charge on any atom is 0.170 e. The van der Waals surface area contributed by atoms with E-state index < -0.39 is 0 Å². The largest absolute Gasteiger partial charge is 0.376 e. The van der Waals surface area contributed by atoms with E-state index in [4.69, 9.17) is 28.6 Å². The molecule has 1 fully saturated rings. The van der Waals surface area contributed by atoms with Gasteiger partial charge in [0.15, 0.2) is 5.11 Å². The summed E-state index contributed by atoms with van der Waals surface area (Å²) in [5, 5.41) is 8.60. The lowest BCUT2D eigenvalue weighted by Gasteiger charge is -2.15. The highest BCUT2D eigenvalue weighted by molar-refractivity contribution is 7.99. The predicted molar refractivity (Wildman–Crippen MR) is 103 cm³/mol. The molecule has 0 amide bonds. The second kappa shape index (κ2) is 8.67. The number of hydrogen-bond donors (Lipinski definition) is 2. The van der Waals surface area contributed by atoms with Crippen LogP contribution in [0.4, 0.5) is 5.69 Å². The van der Waals surface area contributed by atoms with Crippen LogP contribution in [-0.4, -0.2) is 29.4 Å². The zero-order valence-corrected chi connectivity index (χ0v) is 15.4. The Balaban J connectivity index is 1.60.